The fourth-order valence-corrected chi connectivity index (χ4v) is 3.75. The molecule has 5 unspecified atom stereocenters. The molecule has 3 aliphatic rings. The van der Waals surface area contributed by atoms with Crippen LogP contribution >= 0.6 is 0 Å². The van der Waals surface area contributed by atoms with Crippen molar-refractivity contribution in [1.82, 2.24) is 0 Å². The lowest BCUT2D eigenvalue weighted by Gasteiger charge is -2.27. The molecular weight excluding hydrogens is 272 g/mol. The number of carbonyl (C=O) groups excluding carboxylic acids is 2. The van der Waals surface area contributed by atoms with Crippen molar-refractivity contribution in [1.29, 1.82) is 0 Å². The van der Waals surface area contributed by atoms with Gasteiger partial charge in [-0.3, -0.25) is 4.79 Å². The van der Waals surface area contributed by atoms with Gasteiger partial charge in [-0.2, -0.15) is 0 Å². The number of esters is 2. The van der Waals surface area contributed by atoms with E-state index in [9.17, 15) is 9.59 Å². The molecule has 0 aromatic heterocycles. The van der Waals surface area contributed by atoms with E-state index < -0.39 is 0 Å². The van der Waals surface area contributed by atoms with Gasteiger partial charge < -0.3 is 14.2 Å². The fourth-order valence-electron chi connectivity index (χ4n) is 3.75. The van der Waals surface area contributed by atoms with E-state index in [4.69, 9.17) is 14.2 Å². The summed E-state index contributed by atoms with van der Waals surface area (Å²) in [5.74, 6) is 0.0243. The Labute approximate surface area is 124 Å². The number of rotatable bonds is 4. The van der Waals surface area contributed by atoms with Gasteiger partial charge in [-0.05, 0) is 44.4 Å². The molecule has 0 aromatic rings. The summed E-state index contributed by atoms with van der Waals surface area (Å²) in [5, 5.41) is 0. The molecule has 0 aromatic carbocycles. The summed E-state index contributed by atoms with van der Waals surface area (Å²) in [6, 6.07) is 0. The van der Waals surface area contributed by atoms with Crippen molar-refractivity contribution in [3.05, 3.63) is 12.2 Å². The van der Waals surface area contributed by atoms with E-state index in [1.165, 1.54) is 0 Å². The van der Waals surface area contributed by atoms with E-state index in [1.807, 2.05) is 0 Å². The lowest BCUT2D eigenvalue weighted by Crippen LogP contribution is -2.33. The largest absolute Gasteiger partial charge is 0.459 e. The SMILES string of the molecule is C=C(C)C(=O)OC1CC2CC1CC2C(=O)OC1CCCO1. The van der Waals surface area contributed by atoms with E-state index in [0.29, 0.717) is 12.2 Å². The number of carbonyl (C=O) groups is 2. The first-order valence-electron chi connectivity index (χ1n) is 7.73. The molecule has 1 saturated heterocycles. The molecule has 1 heterocycles. The van der Waals surface area contributed by atoms with E-state index in [0.717, 1.165) is 32.1 Å². The zero-order valence-corrected chi connectivity index (χ0v) is 12.4. The molecule has 0 spiro atoms. The summed E-state index contributed by atoms with van der Waals surface area (Å²) in [6.45, 7) is 5.92. The van der Waals surface area contributed by atoms with Crippen molar-refractivity contribution in [3.63, 3.8) is 0 Å². The lowest BCUT2D eigenvalue weighted by molar-refractivity contribution is -0.177. The first kappa shape index (κ1) is 14.6. The first-order chi connectivity index (χ1) is 10.0. The maximum absolute atomic E-state index is 12.2. The highest BCUT2D eigenvalue weighted by Crippen LogP contribution is 2.50. The zero-order valence-electron chi connectivity index (χ0n) is 12.4. The van der Waals surface area contributed by atoms with E-state index in [-0.39, 0.29) is 42.1 Å². The average Bonchev–Trinajstić information content (AvgIpc) is 3.13. The Kier molecular flexibility index (Phi) is 4.02. The molecule has 0 amide bonds. The van der Waals surface area contributed by atoms with Crippen LogP contribution in [0.2, 0.25) is 0 Å². The second kappa shape index (κ2) is 5.79. The van der Waals surface area contributed by atoms with Crippen LogP contribution in [-0.2, 0) is 23.8 Å². The van der Waals surface area contributed by atoms with Gasteiger partial charge in [-0.15, -0.1) is 0 Å². The molecule has 116 valence electrons. The average molecular weight is 294 g/mol. The van der Waals surface area contributed by atoms with Crippen molar-refractivity contribution >= 4 is 11.9 Å². The molecule has 0 N–H and O–H groups in total. The minimum atomic E-state index is -0.353. The molecule has 2 saturated carbocycles. The molecule has 21 heavy (non-hydrogen) atoms. The van der Waals surface area contributed by atoms with Gasteiger partial charge in [0.05, 0.1) is 12.5 Å². The van der Waals surface area contributed by atoms with Crippen molar-refractivity contribution < 1.29 is 23.8 Å². The summed E-state index contributed by atoms with van der Waals surface area (Å²) in [6.07, 6.45) is 3.79. The van der Waals surface area contributed by atoms with E-state index >= 15 is 0 Å². The maximum Gasteiger partial charge on any atom is 0.333 e. The van der Waals surface area contributed by atoms with Crippen LogP contribution in [0.5, 0.6) is 0 Å². The van der Waals surface area contributed by atoms with Crippen LogP contribution in [-0.4, -0.2) is 30.9 Å². The van der Waals surface area contributed by atoms with Crippen molar-refractivity contribution in [2.75, 3.05) is 6.61 Å². The Balaban J connectivity index is 1.51. The third-order valence-electron chi connectivity index (χ3n) is 4.84. The summed E-state index contributed by atoms with van der Waals surface area (Å²) in [5.41, 5.74) is 0.423. The molecular formula is C16H22O5. The monoisotopic (exact) mass is 294 g/mol. The fraction of sp³-hybridized carbons (Fsp3) is 0.750. The van der Waals surface area contributed by atoms with Crippen LogP contribution in [0.15, 0.2) is 12.2 Å². The predicted molar refractivity (Wildman–Crippen MR) is 74.1 cm³/mol. The Morgan fingerprint density at radius 2 is 1.95 bits per heavy atom. The van der Waals surface area contributed by atoms with Crippen LogP contribution < -0.4 is 0 Å². The smallest absolute Gasteiger partial charge is 0.333 e. The van der Waals surface area contributed by atoms with Crippen LogP contribution in [0.25, 0.3) is 0 Å². The van der Waals surface area contributed by atoms with Gasteiger partial charge in [0.2, 0.25) is 6.29 Å². The lowest BCUT2D eigenvalue weighted by atomic mass is 9.87. The van der Waals surface area contributed by atoms with Crippen molar-refractivity contribution in [2.45, 2.75) is 51.4 Å². The van der Waals surface area contributed by atoms with Gasteiger partial charge in [0.25, 0.3) is 0 Å². The molecule has 1 aliphatic heterocycles. The molecule has 0 radical (unpaired) electrons. The minimum Gasteiger partial charge on any atom is -0.459 e. The van der Waals surface area contributed by atoms with Gasteiger partial charge in [0, 0.05) is 12.0 Å². The van der Waals surface area contributed by atoms with Gasteiger partial charge in [-0.1, -0.05) is 6.58 Å². The number of hydrogen-bond acceptors (Lipinski definition) is 5. The molecule has 2 aliphatic carbocycles. The Morgan fingerprint density at radius 1 is 1.14 bits per heavy atom. The van der Waals surface area contributed by atoms with Crippen LogP contribution in [0, 0.1) is 17.8 Å². The topological polar surface area (TPSA) is 61.8 Å². The Hall–Kier alpha value is -1.36. The van der Waals surface area contributed by atoms with Crippen LogP contribution in [0.1, 0.15) is 39.0 Å². The van der Waals surface area contributed by atoms with E-state index in [2.05, 4.69) is 6.58 Å². The second-order valence-corrected chi connectivity index (χ2v) is 6.44. The highest BCUT2D eigenvalue weighted by Gasteiger charge is 2.51. The molecule has 5 atom stereocenters. The normalized spacial score (nSPS) is 37.5. The van der Waals surface area contributed by atoms with Crippen molar-refractivity contribution in [2.24, 2.45) is 17.8 Å². The Bertz CT molecular complexity index is 452. The Morgan fingerprint density at radius 3 is 2.52 bits per heavy atom. The second-order valence-electron chi connectivity index (χ2n) is 6.44. The van der Waals surface area contributed by atoms with Crippen molar-refractivity contribution in [3.8, 4) is 0 Å². The number of ether oxygens (including phenoxy) is 3. The molecule has 3 fully saturated rings. The quantitative estimate of drug-likeness (QED) is 0.587. The maximum atomic E-state index is 12.2. The standard InChI is InChI=1S/C16H22O5/c1-9(2)15(17)20-13-8-10-6-11(13)7-12(10)16(18)21-14-4-3-5-19-14/h10-14H,1,3-8H2,2H3. The summed E-state index contributed by atoms with van der Waals surface area (Å²) in [4.78, 5) is 23.8. The molecule has 3 rings (SSSR count). The summed E-state index contributed by atoms with van der Waals surface area (Å²) >= 11 is 0. The van der Waals surface area contributed by atoms with Gasteiger partial charge in [0.1, 0.15) is 6.10 Å². The van der Waals surface area contributed by atoms with E-state index in [1.54, 1.807) is 6.92 Å². The van der Waals surface area contributed by atoms with Gasteiger partial charge >= 0.3 is 11.9 Å². The van der Waals surface area contributed by atoms with Gasteiger partial charge in [-0.25, -0.2) is 4.79 Å². The zero-order chi connectivity index (χ0) is 15.0. The molecule has 5 nitrogen and oxygen atoms in total. The summed E-state index contributed by atoms with van der Waals surface area (Å²) < 4.78 is 16.2. The van der Waals surface area contributed by atoms with Crippen LogP contribution in [0.4, 0.5) is 0 Å². The third kappa shape index (κ3) is 2.98. The third-order valence-corrected chi connectivity index (χ3v) is 4.84. The molecule has 2 bridgehead atoms. The predicted octanol–water partition coefficient (Wildman–Crippen LogP) is 2.20. The first-order valence-corrected chi connectivity index (χ1v) is 7.73. The summed E-state index contributed by atoms with van der Waals surface area (Å²) in [7, 11) is 0. The van der Waals surface area contributed by atoms with Gasteiger partial charge in [0.15, 0.2) is 0 Å². The molecule has 5 heteroatoms. The van der Waals surface area contributed by atoms with Crippen LogP contribution in [0.3, 0.4) is 0 Å². The number of fused-ring (bicyclic) bond motifs is 2. The number of hydrogen-bond donors (Lipinski definition) is 0. The minimum absolute atomic E-state index is 0.0565. The highest BCUT2D eigenvalue weighted by molar-refractivity contribution is 5.87. The highest BCUT2D eigenvalue weighted by atomic mass is 16.7.